The van der Waals surface area contributed by atoms with Crippen molar-refractivity contribution in [2.24, 2.45) is 5.14 Å². The molecule has 6 nitrogen and oxygen atoms in total. The van der Waals surface area contributed by atoms with E-state index in [-0.39, 0.29) is 22.9 Å². The van der Waals surface area contributed by atoms with Crippen molar-refractivity contribution in [3.63, 3.8) is 0 Å². The number of carbonyl (C=O) groups excluding carboxylic acids is 1. The second-order valence-corrected chi connectivity index (χ2v) is 7.28. The molecule has 0 fully saturated rings. The molecule has 0 aliphatic heterocycles. The second kappa shape index (κ2) is 6.23. The maximum Gasteiger partial charge on any atom is 0.255 e. The molecule has 0 saturated carbocycles. The van der Waals surface area contributed by atoms with E-state index in [1.165, 1.54) is 23.1 Å². The fourth-order valence-electron chi connectivity index (χ4n) is 1.93. The first-order chi connectivity index (χ1) is 10.2. The Labute approximate surface area is 137 Å². The summed E-state index contributed by atoms with van der Waals surface area (Å²) in [7, 11) is -2.26. The molecule has 0 atom stereocenters. The number of amides is 1. The molecular formula is C14H15BrN2O4S. The van der Waals surface area contributed by atoms with Crippen LogP contribution in [0.3, 0.4) is 0 Å². The number of benzene rings is 1. The largest absolute Gasteiger partial charge is 0.464 e. The third-order valence-electron chi connectivity index (χ3n) is 3.03. The lowest BCUT2D eigenvalue weighted by atomic mass is 10.2. The van der Waals surface area contributed by atoms with Gasteiger partial charge in [0.15, 0.2) is 0 Å². The Hall–Kier alpha value is -1.64. The summed E-state index contributed by atoms with van der Waals surface area (Å²) in [5.41, 5.74) is 0.220. The Morgan fingerprint density at radius 1 is 1.32 bits per heavy atom. The van der Waals surface area contributed by atoms with Gasteiger partial charge in [-0.05, 0) is 53.2 Å². The molecule has 8 heteroatoms. The highest BCUT2D eigenvalue weighted by Crippen LogP contribution is 2.22. The highest BCUT2D eigenvalue weighted by molar-refractivity contribution is 9.10. The van der Waals surface area contributed by atoms with Crippen LogP contribution >= 0.6 is 15.9 Å². The van der Waals surface area contributed by atoms with Crippen LogP contribution < -0.4 is 5.14 Å². The molecule has 0 aliphatic rings. The molecular weight excluding hydrogens is 372 g/mol. The summed E-state index contributed by atoms with van der Waals surface area (Å²) in [6.45, 7) is 2.09. The van der Waals surface area contributed by atoms with Crippen molar-refractivity contribution >= 4 is 31.9 Å². The number of halogens is 1. The molecule has 22 heavy (non-hydrogen) atoms. The molecule has 1 aromatic carbocycles. The molecule has 2 rings (SSSR count). The number of nitrogens with two attached hydrogens (primary N) is 1. The number of nitrogens with zero attached hydrogens (tertiary/aromatic N) is 1. The summed E-state index contributed by atoms with van der Waals surface area (Å²) in [6, 6.07) is 7.68. The maximum absolute atomic E-state index is 12.5. The second-order valence-electron chi connectivity index (χ2n) is 4.86. The normalized spacial score (nSPS) is 11.5. The van der Waals surface area contributed by atoms with Gasteiger partial charge in [-0.3, -0.25) is 4.79 Å². The van der Waals surface area contributed by atoms with E-state index in [9.17, 15) is 13.2 Å². The SMILES string of the molecule is Cc1ccc(CN(C)C(=O)c2cc(S(N)(=O)=O)ccc2Br)o1. The molecule has 1 aromatic heterocycles. The molecule has 2 N–H and O–H groups in total. The van der Waals surface area contributed by atoms with Gasteiger partial charge in [0.25, 0.3) is 5.91 Å². The van der Waals surface area contributed by atoms with Crippen molar-refractivity contribution in [2.75, 3.05) is 7.05 Å². The van der Waals surface area contributed by atoms with E-state index in [1.54, 1.807) is 13.1 Å². The molecule has 0 radical (unpaired) electrons. The van der Waals surface area contributed by atoms with Crippen LogP contribution in [0.25, 0.3) is 0 Å². The molecule has 0 saturated heterocycles. The van der Waals surface area contributed by atoms with Crippen LogP contribution in [0.5, 0.6) is 0 Å². The zero-order valence-corrected chi connectivity index (χ0v) is 14.4. The summed E-state index contributed by atoms with van der Waals surface area (Å²) in [5.74, 6) is 1.06. The Morgan fingerprint density at radius 2 is 2.00 bits per heavy atom. The average Bonchev–Trinajstić information content (AvgIpc) is 2.82. The number of rotatable bonds is 4. The van der Waals surface area contributed by atoms with Crippen LogP contribution in [0, 0.1) is 6.92 Å². The van der Waals surface area contributed by atoms with Crippen molar-refractivity contribution in [2.45, 2.75) is 18.4 Å². The van der Waals surface area contributed by atoms with Crippen molar-refractivity contribution in [3.8, 4) is 0 Å². The summed E-state index contributed by atoms with van der Waals surface area (Å²) >= 11 is 3.25. The fraction of sp³-hybridized carbons (Fsp3) is 0.214. The number of hydrogen-bond donors (Lipinski definition) is 1. The van der Waals surface area contributed by atoms with E-state index in [1.807, 2.05) is 13.0 Å². The van der Waals surface area contributed by atoms with Gasteiger partial charge in [-0.25, -0.2) is 13.6 Å². The molecule has 118 valence electrons. The molecule has 1 heterocycles. The smallest absolute Gasteiger partial charge is 0.255 e. The molecule has 0 unspecified atom stereocenters. The Kier molecular flexibility index (Phi) is 4.74. The molecule has 1 amide bonds. The van der Waals surface area contributed by atoms with Crippen LogP contribution in [0.15, 0.2) is 44.1 Å². The van der Waals surface area contributed by atoms with Gasteiger partial charge in [0.05, 0.1) is 17.0 Å². The van der Waals surface area contributed by atoms with Gasteiger partial charge in [-0.1, -0.05) is 0 Å². The molecule has 0 bridgehead atoms. The minimum atomic E-state index is -3.87. The monoisotopic (exact) mass is 386 g/mol. The molecule has 0 aliphatic carbocycles. The molecule has 0 spiro atoms. The van der Waals surface area contributed by atoms with Crippen LogP contribution in [-0.2, 0) is 16.6 Å². The minimum absolute atomic E-state index is 0.110. The lowest BCUT2D eigenvalue weighted by molar-refractivity contribution is 0.0774. The Balaban J connectivity index is 2.28. The first-order valence-electron chi connectivity index (χ1n) is 6.31. The number of carbonyl (C=O) groups is 1. The number of primary sulfonamides is 1. The first kappa shape index (κ1) is 16.7. The van der Waals surface area contributed by atoms with Crippen molar-refractivity contribution in [1.29, 1.82) is 0 Å². The van der Waals surface area contributed by atoms with Crippen molar-refractivity contribution in [1.82, 2.24) is 4.90 Å². The lowest BCUT2D eigenvalue weighted by Crippen LogP contribution is -2.26. The zero-order chi connectivity index (χ0) is 16.5. The van der Waals surface area contributed by atoms with Gasteiger partial charge in [0, 0.05) is 11.5 Å². The third kappa shape index (κ3) is 3.76. The van der Waals surface area contributed by atoms with E-state index in [0.29, 0.717) is 10.2 Å². The van der Waals surface area contributed by atoms with Gasteiger partial charge in [-0.2, -0.15) is 0 Å². The van der Waals surface area contributed by atoms with Crippen LogP contribution in [-0.4, -0.2) is 26.3 Å². The Morgan fingerprint density at radius 3 is 2.55 bits per heavy atom. The van der Waals surface area contributed by atoms with Gasteiger partial charge in [0.1, 0.15) is 11.5 Å². The topological polar surface area (TPSA) is 93.6 Å². The maximum atomic E-state index is 12.5. The van der Waals surface area contributed by atoms with E-state index in [0.717, 1.165) is 5.76 Å². The quantitative estimate of drug-likeness (QED) is 0.871. The van der Waals surface area contributed by atoms with E-state index >= 15 is 0 Å². The fourth-order valence-corrected chi connectivity index (χ4v) is 2.88. The summed E-state index contributed by atoms with van der Waals surface area (Å²) < 4.78 is 28.7. The minimum Gasteiger partial charge on any atom is -0.464 e. The number of sulfonamides is 1. The zero-order valence-electron chi connectivity index (χ0n) is 12.0. The lowest BCUT2D eigenvalue weighted by Gasteiger charge is -2.17. The van der Waals surface area contributed by atoms with Crippen LogP contribution in [0.1, 0.15) is 21.9 Å². The van der Waals surface area contributed by atoms with Gasteiger partial charge in [0.2, 0.25) is 10.0 Å². The average molecular weight is 387 g/mol. The predicted molar refractivity (Wildman–Crippen MR) is 84.8 cm³/mol. The van der Waals surface area contributed by atoms with E-state index in [2.05, 4.69) is 15.9 Å². The van der Waals surface area contributed by atoms with E-state index in [4.69, 9.17) is 9.56 Å². The van der Waals surface area contributed by atoms with Crippen LogP contribution in [0.4, 0.5) is 0 Å². The van der Waals surface area contributed by atoms with E-state index < -0.39 is 10.0 Å². The summed E-state index contributed by atoms with van der Waals surface area (Å²) in [4.78, 5) is 13.8. The van der Waals surface area contributed by atoms with Crippen molar-refractivity contribution in [3.05, 3.63) is 51.9 Å². The van der Waals surface area contributed by atoms with Crippen molar-refractivity contribution < 1.29 is 17.6 Å². The Bertz CT molecular complexity index is 814. The van der Waals surface area contributed by atoms with Gasteiger partial charge in [-0.15, -0.1) is 0 Å². The number of aryl methyl sites for hydroxylation is 1. The van der Waals surface area contributed by atoms with Crippen LogP contribution in [0.2, 0.25) is 0 Å². The van der Waals surface area contributed by atoms with Gasteiger partial charge >= 0.3 is 0 Å². The standard InChI is InChI=1S/C14H15BrN2O4S/c1-9-3-4-10(21-9)8-17(2)14(18)12-7-11(22(16,19)20)5-6-13(12)15/h3-7H,8H2,1-2H3,(H2,16,19,20). The highest BCUT2D eigenvalue weighted by Gasteiger charge is 2.19. The number of hydrogen-bond acceptors (Lipinski definition) is 4. The summed E-state index contributed by atoms with van der Waals surface area (Å²) in [6.07, 6.45) is 0. The number of furan rings is 1. The predicted octanol–water partition coefficient (Wildman–Crippen LogP) is 2.27. The third-order valence-corrected chi connectivity index (χ3v) is 4.63. The van der Waals surface area contributed by atoms with Gasteiger partial charge < -0.3 is 9.32 Å². The molecule has 2 aromatic rings. The summed E-state index contributed by atoms with van der Waals surface area (Å²) in [5, 5.41) is 5.10. The highest BCUT2D eigenvalue weighted by atomic mass is 79.9. The first-order valence-corrected chi connectivity index (χ1v) is 8.65.